The Hall–Kier alpha value is -2.89. The van der Waals surface area contributed by atoms with Gasteiger partial charge in [0.1, 0.15) is 11.6 Å². The summed E-state index contributed by atoms with van der Waals surface area (Å²) in [4.78, 5) is 12.8. The molecule has 2 aromatic carbocycles. The first-order valence-electron chi connectivity index (χ1n) is 9.23. The first kappa shape index (κ1) is 17.5. The third-order valence-corrected chi connectivity index (χ3v) is 4.97. The number of hydrogen-bond acceptors (Lipinski definition) is 3. The van der Waals surface area contributed by atoms with Crippen LogP contribution in [0.1, 0.15) is 36.1 Å². The molecule has 0 fully saturated rings. The predicted molar refractivity (Wildman–Crippen MR) is 101 cm³/mol. The van der Waals surface area contributed by atoms with E-state index in [1.54, 1.807) is 6.07 Å². The summed E-state index contributed by atoms with van der Waals surface area (Å²) < 4.78 is 19.7. The lowest BCUT2D eigenvalue weighted by molar-refractivity contribution is 0.160. The van der Waals surface area contributed by atoms with Gasteiger partial charge in [0.25, 0.3) is 0 Å². The van der Waals surface area contributed by atoms with Gasteiger partial charge in [-0.2, -0.15) is 5.10 Å². The van der Waals surface area contributed by atoms with Crippen molar-refractivity contribution in [2.24, 2.45) is 11.0 Å². The molecular weight excluding hydrogens is 345 g/mol. The molecule has 4 rings (SSSR count). The van der Waals surface area contributed by atoms with E-state index < -0.39 is 0 Å². The molecule has 0 aromatic heterocycles. The molecule has 6 heteroatoms. The minimum Gasteiger partial charge on any atom is -0.492 e. The van der Waals surface area contributed by atoms with Gasteiger partial charge in [-0.1, -0.05) is 36.8 Å². The van der Waals surface area contributed by atoms with Gasteiger partial charge >= 0.3 is 6.03 Å². The molecule has 0 bridgehead atoms. The smallest absolute Gasteiger partial charge is 0.338 e. The fourth-order valence-corrected chi connectivity index (χ4v) is 3.72. The van der Waals surface area contributed by atoms with Gasteiger partial charge in [-0.3, -0.25) is 0 Å². The molecule has 2 unspecified atom stereocenters. The highest BCUT2D eigenvalue weighted by Gasteiger charge is 2.45. The van der Waals surface area contributed by atoms with Crippen molar-refractivity contribution < 1.29 is 13.9 Å². The summed E-state index contributed by atoms with van der Waals surface area (Å²) >= 11 is 0. The Balaban J connectivity index is 1.78. The predicted octanol–water partition coefficient (Wildman–Crippen LogP) is 4.02. The minimum absolute atomic E-state index is 0.145. The van der Waals surface area contributed by atoms with Crippen molar-refractivity contribution in [3.8, 4) is 5.75 Å². The monoisotopic (exact) mass is 367 g/mol. The van der Waals surface area contributed by atoms with E-state index >= 15 is 0 Å². The van der Waals surface area contributed by atoms with E-state index in [4.69, 9.17) is 4.74 Å². The van der Waals surface area contributed by atoms with Gasteiger partial charge in [-0.25, -0.2) is 14.2 Å². The van der Waals surface area contributed by atoms with Crippen LogP contribution in [-0.4, -0.2) is 29.9 Å². The van der Waals surface area contributed by atoms with Crippen LogP contribution in [0.25, 0.3) is 0 Å². The summed E-state index contributed by atoms with van der Waals surface area (Å²) in [6.45, 7) is 4.99. The van der Waals surface area contributed by atoms with Crippen LogP contribution < -0.4 is 10.1 Å². The summed E-state index contributed by atoms with van der Waals surface area (Å²) in [6, 6.07) is 11.9. The largest absolute Gasteiger partial charge is 0.492 e. The molecule has 0 saturated carbocycles. The molecular formula is C21H22FN3O2. The zero-order valence-corrected chi connectivity index (χ0v) is 15.4. The Kier molecular flexibility index (Phi) is 4.56. The molecule has 0 radical (unpaired) electrons. The zero-order chi connectivity index (χ0) is 19.0. The normalized spacial score (nSPS) is 20.4. The van der Waals surface area contributed by atoms with Gasteiger partial charge in [-0.15, -0.1) is 0 Å². The fraction of sp³-hybridized carbons (Fsp3) is 0.333. The number of ether oxygens (including phenoxy) is 1. The maximum Gasteiger partial charge on any atom is 0.338 e. The van der Waals surface area contributed by atoms with E-state index in [-0.39, 0.29) is 23.8 Å². The first-order valence-corrected chi connectivity index (χ1v) is 9.23. The first-order chi connectivity index (χ1) is 13.1. The molecule has 2 aliphatic rings. The maximum atomic E-state index is 13.8. The number of urea groups is 1. The number of halogens is 1. The Morgan fingerprint density at radius 1 is 1.33 bits per heavy atom. The molecule has 2 heterocycles. The minimum atomic E-state index is -0.346. The number of carbonyl (C=O) groups is 1. The van der Waals surface area contributed by atoms with Crippen LogP contribution in [0.3, 0.4) is 0 Å². The van der Waals surface area contributed by atoms with E-state index in [9.17, 15) is 9.18 Å². The van der Waals surface area contributed by atoms with Crippen LogP contribution in [0.15, 0.2) is 47.6 Å². The standard InChI is InChI=1S/C21H22FN3O2/c1-3-9-23-21(26)25-20(14-6-4-5-13(2)10-14)17-12-27-18-8-7-15(22)11-16(18)19(17)24-25/h4-8,10-11,17,20H,3,9,12H2,1-2H3,(H,23,26). The third kappa shape index (κ3) is 3.16. The van der Waals surface area contributed by atoms with E-state index in [0.29, 0.717) is 30.2 Å². The van der Waals surface area contributed by atoms with Gasteiger partial charge in [0.15, 0.2) is 0 Å². The van der Waals surface area contributed by atoms with Crippen LogP contribution in [0.2, 0.25) is 0 Å². The second-order valence-electron chi connectivity index (χ2n) is 6.98. The third-order valence-electron chi connectivity index (χ3n) is 4.97. The SMILES string of the molecule is CCCNC(=O)N1N=C2c3cc(F)ccc3OCC2C1c1cccc(C)c1. The lowest BCUT2D eigenvalue weighted by atomic mass is 9.85. The van der Waals surface area contributed by atoms with Crippen molar-refractivity contribution in [1.82, 2.24) is 10.3 Å². The quantitative estimate of drug-likeness (QED) is 0.891. The summed E-state index contributed by atoms with van der Waals surface area (Å²) in [5.74, 6) is 0.111. The number of benzene rings is 2. The number of amides is 2. The lowest BCUT2D eigenvalue weighted by Gasteiger charge is -2.30. The number of carbonyl (C=O) groups excluding carboxylic acids is 1. The van der Waals surface area contributed by atoms with E-state index in [2.05, 4.69) is 16.5 Å². The number of nitrogens with one attached hydrogen (secondary N) is 1. The second-order valence-corrected chi connectivity index (χ2v) is 6.98. The van der Waals surface area contributed by atoms with E-state index in [1.165, 1.54) is 17.1 Å². The van der Waals surface area contributed by atoms with Crippen LogP contribution in [0.5, 0.6) is 5.75 Å². The molecule has 0 saturated heterocycles. The van der Waals surface area contributed by atoms with Crippen LogP contribution in [0, 0.1) is 18.7 Å². The van der Waals surface area contributed by atoms with Crippen LogP contribution >= 0.6 is 0 Å². The highest BCUT2D eigenvalue weighted by Crippen LogP contribution is 2.42. The van der Waals surface area contributed by atoms with Crippen LogP contribution in [0.4, 0.5) is 9.18 Å². The molecule has 0 aliphatic carbocycles. The van der Waals surface area contributed by atoms with Gasteiger partial charge in [-0.05, 0) is 37.1 Å². The molecule has 140 valence electrons. The topological polar surface area (TPSA) is 53.9 Å². The summed E-state index contributed by atoms with van der Waals surface area (Å²) in [6.07, 6.45) is 0.839. The van der Waals surface area contributed by atoms with Crippen molar-refractivity contribution in [3.05, 3.63) is 65.0 Å². The Morgan fingerprint density at radius 3 is 2.96 bits per heavy atom. The van der Waals surface area contributed by atoms with Crippen molar-refractivity contribution in [3.63, 3.8) is 0 Å². The Bertz CT molecular complexity index is 912. The second kappa shape index (κ2) is 7.02. The number of hydrogen-bond donors (Lipinski definition) is 1. The van der Waals surface area contributed by atoms with Crippen molar-refractivity contribution in [2.75, 3.05) is 13.2 Å². The maximum absolute atomic E-state index is 13.8. The number of aryl methyl sites for hydroxylation is 1. The number of hydrazone groups is 1. The summed E-state index contributed by atoms with van der Waals surface area (Å²) in [5, 5.41) is 9.02. The van der Waals surface area contributed by atoms with Crippen molar-refractivity contribution in [1.29, 1.82) is 0 Å². The van der Waals surface area contributed by atoms with Crippen LogP contribution in [-0.2, 0) is 0 Å². The van der Waals surface area contributed by atoms with Gasteiger partial charge in [0, 0.05) is 12.1 Å². The average molecular weight is 367 g/mol. The molecule has 1 N–H and O–H groups in total. The highest BCUT2D eigenvalue weighted by atomic mass is 19.1. The molecule has 5 nitrogen and oxygen atoms in total. The van der Waals surface area contributed by atoms with Crippen molar-refractivity contribution >= 4 is 11.7 Å². The molecule has 2 aliphatic heterocycles. The molecule has 2 aromatic rings. The Morgan fingerprint density at radius 2 is 2.19 bits per heavy atom. The summed E-state index contributed by atoms with van der Waals surface area (Å²) in [5.41, 5.74) is 3.43. The molecule has 0 spiro atoms. The van der Waals surface area contributed by atoms with Gasteiger partial charge < -0.3 is 10.1 Å². The average Bonchev–Trinajstić information content (AvgIpc) is 3.06. The van der Waals surface area contributed by atoms with Crippen molar-refractivity contribution in [2.45, 2.75) is 26.3 Å². The fourth-order valence-electron chi connectivity index (χ4n) is 3.72. The molecule has 27 heavy (non-hydrogen) atoms. The molecule has 2 atom stereocenters. The molecule has 2 amide bonds. The van der Waals surface area contributed by atoms with E-state index in [0.717, 1.165) is 17.5 Å². The summed E-state index contributed by atoms with van der Waals surface area (Å²) in [7, 11) is 0. The van der Waals surface area contributed by atoms with Gasteiger partial charge in [0.05, 0.1) is 24.3 Å². The Labute approximate surface area is 157 Å². The number of rotatable bonds is 3. The number of fused-ring (bicyclic) bond motifs is 3. The van der Waals surface area contributed by atoms with Gasteiger partial charge in [0.2, 0.25) is 0 Å². The lowest BCUT2D eigenvalue weighted by Crippen LogP contribution is -2.40. The zero-order valence-electron chi connectivity index (χ0n) is 15.4. The number of nitrogens with zero attached hydrogens (tertiary/aromatic N) is 2. The highest BCUT2D eigenvalue weighted by molar-refractivity contribution is 6.07. The van der Waals surface area contributed by atoms with E-state index in [1.807, 2.05) is 32.0 Å².